The van der Waals surface area contributed by atoms with Crippen molar-refractivity contribution in [1.82, 2.24) is 4.90 Å². The number of aryl methyl sites for hydroxylation is 1. The number of nitrogens with zero attached hydrogens (tertiary/aromatic N) is 1. The van der Waals surface area contributed by atoms with E-state index in [1.54, 1.807) is 13.0 Å². The van der Waals surface area contributed by atoms with E-state index in [1.807, 2.05) is 12.1 Å². The van der Waals surface area contributed by atoms with Gasteiger partial charge < -0.3 is 10.6 Å². The van der Waals surface area contributed by atoms with E-state index in [4.69, 9.17) is 5.73 Å². The van der Waals surface area contributed by atoms with Crippen molar-refractivity contribution in [3.8, 4) is 0 Å². The minimum Gasteiger partial charge on any atom is -0.324 e. The summed E-state index contributed by atoms with van der Waals surface area (Å²) in [5.41, 5.74) is 7.75. The zero-order valence-corrected chi connectivity index (χ0v) is 12.0. The van der Waals surface area contributed by atoms with Crippen LogP contribution in [-0.4, -0.2) is 24.5 Å². The van der Waals surface area contributed by atoms with Gasteiger partial charge in [0, 0.05) is 12.1 Å². The quantitative estimate of drug-likeness (QED) is 0.883. The van der Waals surface area contributed by atoms with Crippen LogP contribution in [0, 0.1) is 12.7 Å². The second kappa shape index (κ2) is 6.49. The van der Waals surface area contributed by atoms with E-state index in [9.17, 15) is 4.39 Å². The number of halogens is 1. The predicted molar refractivity (Wildman–Crippen MR) is 77.6 cm³/mol. The number of hydrogen-bond donors (Lipinski definition) is 1. The highest BCUT2D eigenvalue weighted by molar-refractivity contribution is 5.25. The van der Waals surface area contributed by atoms with Crippen LogP contribution in [0.1, 0.15) is 49.3 Å². The maximum absolute atomic E-state index is 13.5. The van der Waals surface area contributed by atoms with Gasteiger partial charge in [0.05, 0.1) is 0 Å². The summed E-state index contributed by atoms with van der Waals surface area (Å²) in [5.74, 6) is -0.155. The third kappa shape index (κ3) is 3.77. The highest BCUT2D eigenvalue weighted by Gasteiger charge is 2.20. The second-order valence-corrected chi connectivity index (χ2v) is 5.82. The van der Waals surface area contributed by atoms with Gasteiger partial charge in [-0.1, -0.05) is 25.0 Å². The van der Waals surface area contributed by atoms with Gasteiger partial charge in [0.1, 0.15) is 5.82 Å². The number of hydrogen-bond acceptors (Lipinski definition) is 2. The maximum Gasteiger partial charge on any atom is 0.126 e. The van der Waals surface area contributed by atoms with Gasteiger partial charge in [0.2, 0.25) is 0 Å². The summed E-state index contributed by atoms with van der Waals surface area (Å²) >= 11 is 0. The van der Waals surface area contributed by atoms with Crippen molar-refractivity contribution in [2.24, 2.45) is 5.73 Å². The first kappa shape index (κ1) is 14.5. The van der Waals surface area contributed by atoms with Crippen LogP contribution in [0.25, 0.3) is 0 Å². The van der Waals surface area contributed by atoms with Gasteiger partial charge in [0.15, 0.2) is 0 Å². The SMILES string of the molecule is Cc1ccc(C(N)CCN(C)C2CCCC2)cc1F. The lowest BCUT2D eigenvalue weighted by atomic mass is 10.0. The molecule has 0 heterocycles. The van der Waals surface area contributed by atoms with Crippen LogP contribution >= 0.6 is 0 Å². The smallest absolute Gasteiger partial charge is 0.126 e. The first-order valence-electron chi connectivity index (χ1n) is 7.30. The molecule has 2 rings (SSSR count). The third-order valence-corrected chi connectivity index (χ3v) is 4.36. The van der Waals surface area contributed by atoms with Crippen molar-refractivity contribution in [1.29, 1.82) is 0 Å². The van der Waals surface area contributed by atoms with Gasteiger partial charge in [-0.2, -0.15) is 0 Å². The minimum atomic E-state index is -0.155. The Morgan fingerprint density at radius 1 is 1.37 bits per heavy atom. The molecule has 3 heteroatoms. The monoisotopic (exact) mass is 264 g/mol. The summed E-state index contributed by atoms with van der Waals surface area (Å²) in [6.07, 6.45) is 6.21. The highest BCUT2D eigenvalue weighted by atomic mass is 19.1. The average molecular weight is 264 g/mol. The molecule has 1 atom stereocenters. The Bertz CT molecular complexity index is 413. The molecule has 2 nitrogen and oxygen atoms in total. The van der Waals surface area contributed by atoms with Gasteiger partial charge in [0.25, 0.3) is 0 Å². The van der Waals surface area contributed by atoms with Crippen molar-refractivity contribution in [3.05, 3.63) is 35.1 Å². The Labute approximate surface area is 115 Å². The lowest BCUT2D eigenvalue weighted by Crippen LogP contribution is -2.31. The van der Waals surface area contributed by atoms with Crippen molar-refractivity contribution < 1.29 is 4.39 Å². The summed E-state index contributed by atoms with van der Waals surface area (Å²) in [5, 5.41) is 0. The Kier molecular flexibility index (Phi) is 4.94. The van der Waals surface area contributed by atoms with Gasteiger partial charge in [-0.15, -0.1) is 0 Å². The van der Waals surface area contributed by atoms with E-state index in [-0.39, 0.29) is 11.9 Å². The molecule has 1 aromatic carbocycles. The molecule has 19 heavy (non-hydrogen) atoms. The molecule has 0 aliphatic heterocycles. The number of rotatable bonds is 5. The molecule has 1 aromatic rings. The molecule has 0 amide bonds. The first-order valence-corrected chi connectivity index (χ1v) is 7.30. The van der Waals surface area contributed by atoms with Crippen LogP contribution in [0.3, 0.4) is 0 Å². The molecule has 1 aliphatic carbocycles. The van der Waals surface area contributed by atoms with E-state index in [1.165, 1.54) is 25.7 Å². The molecular weight excluding hydrogens is 239 g/mol. The molecule has 0 aromatic heterocycles. The fourth-order valence-electron chi connectivity index (χ4n) is 2.88. The van der Waals surface area contributed by atoms with Crippen LogP contribution in [0.5, 0.6) is 0 Å². The van der Waals surface area contributed by atoms with E-state index in [0.29, 0.717) is 5.56 Å². The highest BCUT2D eigenvalue weighted by Crippen LogP contribution is 2.24. The number of benzene rings is 1. The van der Waals surface area contributed by atoms with Crippen molar-refractivity contribution in [2.75, 3.05) is 13.6 Å². The predicted octanol–water partition coefficient (Wildman–Crippen LogP) is 3.40. The summed E-state index contributed by atoms with van der Waals surface area (Å²) in [4.78, 5) is 2.41. The molecule has 0 bridgehead atoms. The van der Waals surface area contributed by atoms with Crippen LogP contribution in [0.15, 0.2) is 18.2 Å². The van der Waals surface area contributed by atoms with Crippen LogP contribution in [0.4, 0.5) is 4.39 Å². The fraction of sp³-hybridized carbons (Fsp3) is 0.625. The molecule has 1 saturated carbocycles. The Morgan fingerprint density at radius 2 is 2.05 bits per heavy atom. The van der Waals surface area contributed by atoms with E-state index in [2.05, 4.69) is 11.9 Å². The minimum absolute atomic E-state index is 0.0704. The molecule has 1 aliphatic rings. The zero-order chi connectivity index (χ0) is 13.8. The van der Waals surface area contributed by atoms with Gasteiger partial charge in [-0.05, 0) is 57.0 Å². The zero-order valence-electron chi connectivity index (χ0n) is 12.0. The van der Waals surface area contributed by atoms with E-state index < -0.39 is 0 Å². The molecule has 0 spiro atoms. The lowest BCUT2D eigenvalue weighted by molar-refractivity contribution is 0.237. The lowest BCUT2D eigenvalue weighted by Gasteiger charge is -2.25. The molecule has 1 fully saturated rings. The van der Waals surface area contributed by atoms with Crippen molar-refractivity contribution >= 4 is 0 Å². The Hall–Kier alpha value is -0.930. The summed E-state index contributed by atoms with van der Waals surface area (Å²) in [6, 6.07) is 5.99. The molecule has 0 saturated heterocycles. The average Bonchev–Trinajstić information content (AvgIpc) is 2.92. The standard InChI is InChI=1S/C16H25FN2/c1-12-7-8-13(11-15(12)17)16(18)9-10-19(2)14-5-3-4-6-14/h7-8,11,14,16H,3-6,9-10,18H2,1-2H3. The first-order chi connectivity index (χ1) is 9.08. The van der Waals surface area contributed by atoms with Gasteiger partial charge in [-0.25, -0.2) is 4.39 Å². The molecule has 2 N–H and O–H groups in total. The van der Waals surface area contributed by atoms with Crippen LogP contribution in [-0.2, 0) is 0 Å². The van der Waals surface area contributed by atoms with Gasteiger partial charge >= 0.3 is 0 Å². The Morgan fingerprint density at radius 3 is 2.68 bits per heavy atom. The molecular formula is C16H25FN2. The van der Waals surface area contributed by atoms with E-state index in [0.717, 1.165) is 24.6 Å². The van der Waals surface area contributed by atoms with E-state index >= 15 is 0 Å². The fourth-order valence-corrected chi connectivity index (χ4v) is 2.88. The van der Waals surface area contributed by atoms with Crippen molar-refractivity contribution in [3.63, 3.8) is 0 Å². The van der Waals surface area contributed by atoms with Crippen molar-refractivity contribution in [2.45, 2.75) is 51.1 Å². The van der Waals surface area contributed by atoms with Crippen LogP contribution in [0.2, 0.25) is 0 Å². The normalized spacial score (nSPS) is 18.2. The van der Waals surface area contributed by atoms with Crippen LogP contribution < -0.4 is 5.73 Å². The molecule has 1 unspecified atom stereocenters. The molecule has 0 radical (unpaired) electrons. The number of nitrogens with two attached hydrogens (primary N) is 1. The topological polar surface area (TPSA) is 29.3 Å². The maximum atomic E-state index is 13.5. The second-order valence-electron chi connectivity index (χ2n) is 5.82. The molecule has 106 valence electrons. The summed E-state index contributed by atoms with van der Waals surface area (Å²) < 4.78 is 13.5. The largest absolute Gasteiger partial charge is 0.324 e. The summed E-state index contributed by atoms with van der Waals surface area (Å²) in [7, 11) is 2.18. The third-order valence-electron chi connectivity index (χ3n) is 4.36. The Balaban J connectivity index is 1.86. The van der Waals surface area contributed by atoms with Gasteiger partial charge in [-0.3, -0.25) is 0 Å². The summed E-state index contributed by atoms with van der Waals surface area (Å²) in [6.45, 7) is 2.76.